The first kappa shape index (κ1) is 26.6. The molecule has 9 nitrogen and oxygen atoms in total. The molecule has 1 amide bonds. The van der Waals surface area contributed by atoms with E-state index in [4.69, 9.17) is 27.9 Å². The van der Waals surface area contributed by atoms with Crippen molar-refractivity contribution >= 4 is 57.9 Å². The zero-order valence-electron chi connectivity index (χ0n) is 20.4. The van der Waals surface area contributed by atoms with Gasteiger partial charge in [0.25, 0.3) is 11.6 Å². The van der Waals surface area contributed by atoms with Gasteiger partial charge in [-0.15, -0.1) is 0 Å². The van der Waals surface area contributed by atoms with Gasteiger partial charge in [0, 0.05) is 39.2 Å². The zero-order chi connectivity index (χ0) is 28.2. The Hall–Kier alpha value is -4.99. The summed E-state index contributed by atoms with van der Waals surface area (Å²) in [7, 11) is 0. The number of ether oxygens (including phenoxy) is 1. The van der Waals surface area contributed by atoms with Crippen molar-refractivity contribution in [1.29, 1.82) is 0 Å². The second-order valence-electron chi connectivity index (χ2n) is 8.45. The van der Waals surface area contributed by atoms with E-state index in [1.54, 1.807) is 54.6 Å². The van der Waals surface area contributed by atoms with E-state index >= 15 is 0 Å². The summed E-state index contributed by atoms with van der Waals surface area (Å²) in [6.45, 7) is 0. The monoisotopic (exact) mass is 572 g/mol. The van der Waals surface area contributed by atoms with Crippen molar-refractivity contribution < 1.29 is 19.2 Å². The lowest BCUT2D eigenvalue weighted by Gasteiger charge is -2.08. The van der Waals surface area contributed by atoms with Crippen molar-refractivity contribution in [1.82, 2.24) is 10.4 Å². The molecule has 0 fully saturated rings. The maximum Gasteiger partial charge on any atom is 0.343 e. The van der Waals surface area contributed by atoms with Crippen LogP contribution in [0.4, 0.5) is 5.69 Å². The number of carbonyl (C=O) groups excluding carboxylic acids is 2. The van der Waals surface area contributed by atoms with Crippen molar-refractivity contribution in [3.05, 3.63) is 128 Å². The van der Waals surface area contributed by atoms with Crippen LogP contribution in [-0.2, 0) is 0 Å². The summed E-state index contributed by atoms with van der Waals surface area (Å²) in [5.74, 6) is -1.07. The Balaban J connectivity index is 1.39. The SMILES string of the molecule is O=C(Oc1ccccc1C=NNC(=O)c1[nH]c2c(Cl)cccc2c1-c1ccccc1Cl)c1ccc([N+](=O)[O-])cc1. The van der Waals surface area contributed by atoms with Gasteiger partial charge in [0.15, 0.2) is 0 Å². The summed E-state index contributed by atoms with van der Waals surface area (Å²) in [4.78, 5) is 39.2. The summed E-state index contributed by atoms with van der Waals surface area (Å²) in [5.41, 5.74) is 4.91. The van der Waals surface area contributed by atoms with Crippen molar-refractivity contribution in [3.63, 3.8) is 0 Å². The molecule has 0 saturated heterocycles. The highest BCUT2D eigenvalue weighted by Crippen LogP contribution is 2.38. The molecule has 0 spiro atoms. The molecule has 198 valence electrons. The van der Waals surface area contributed by atoms with Gasteiger partial charge in [-0.1, -0.05) is 65.7 Å². The summed E-state index contributed by atoms with van der Waals surface area (Å²) in [6, 6.07) is 24.1. The number of non-ortho nitro benzene ring substituents is 1. The van der Waals surface area contributed by atoms with E-state index in [9.17, 15) is 19.7 Å². The number of nitrogens with one attached hydrogen (secondary N) is 2. The molecule has 0 atom stereocenters. The third kappa shape index (κ3) is 5.42. The highest BCUT2D eigenvalue weighted by atomic mass is 35.5. The fourth-order valence-electron chi connectivity index (χ4n) is 4.07. The van der Waals surface area contributed by atoms with Gasteiger partial charge >= 0.3 is 5.97 Å². The maximum atomic E-state index is 13.3. The molecule has 0 aliphatic carbocycles. The number of carbonyl (C=O) groups is 2. The van der Waals surface area contributed by atoms with E-state index in [-0.39, 0.29) is 22.7 Å². The summed E-state index contributed by atoms with van der Waals surface area (Å²) < 4.78 is 5.47. The number of fused-ring (bicyclic) bond motifs is 1. The number of hydrazone groups is 1. The number of nitro groups is 1. The minimum Gasteiger partial charge on any atom is -0.422 e. The van der Waals surface area contributed by atoms with E-state index < -0.39 is 16.8 Å². The van der Waals surface area contributed by atoms with E-state index in [0.717, 1.165) is 5.39 Å². The molecule has 1 aromatic heterocycles. The highest BCUT2D eigenvalue weighted by molar-refractivity contribution is 6.37. The predicted octanol–water partition coefficient (Wildman–Crippen LogP) is 7.03. The minimum atomic E-state index is -0.709. The first-order chi connectivity index (χ1) is 19.3. The molecule has 5 rings (SSSR count). The van der Waals surface area contributed by atoms with Gasteiger partial charge in [0.05, 0.1) is 27.2 Å². The number of nitro benzene ring substituents is 1. The smallest absolute Gasteiger partial charge is 0.343 e. The Labute approximate surface area is 237 Å². The predicted molar refractivity (Wildman–Crippen MR) is 153 cm³/mol. The molecular weight excluding hydrogens is 555 g/mol. The Morgan fingerprint density at radius 1 is 0.900 bits per heavy atom. The maximum absolute atomic E-state index is 13.3. The van der Waals surface area contributed by atoms with Crippen LogP contribution in [0.5, 0.6) is 5.75 Å². The van der Waals surface area contributed by atoms with Gasteiger partial charge in [0.1, 0.15) is 11.4 Å². The molecular formula is C29H18Cl2N4O5. The molecule has 0 radical (unpaired) electrons. The van der Waals surface area contributed by atoms with Crippen LogP contribution in [0.3, 0.4) is 0 Å². The van der Waals surface area contributed by atoms with Gasteiger partial charge in [0.2, 0.25) is 0 Å². The van der Waals surface area contributed by atoms with Crippen LogP contribution >= 0.6 is 23.2 Å². The molecule has 0 bridgehead atoms. The van der Waals surface area contributed by atoms with Gasteiger partial charge in [-0.3, -0.25) is 14.9 Å². The second kappa shape index (κ2) is 11.4. The van der Waals surface area contributed by atoms with Crippen molar-refractivity contribution in [2.75, 3.05) is 0 Å². The van der Waals surface area contributed by atoms with Crippen LogP contribution in [0.25, 0.3) is 22.0 Å². The van der Waals surface area contributed by atoms with Crippen LogP contribution in [0.1, 0.15) is 26.4 Å². The van der Waals surface area contributed by atoms with Crippen LogP contribution in [0.2, 0.25) is 10.0 Å². The minimum absolute atomic E-state index is 0.134. The van der Waals surface area contributed by atoms with Gasteiger partial charge in [-0.05, 0) is 36.4 Å². The lowest BCUT2D eigenvalue weighted by atomic mass is 10.0. The third-order valence-electron chi connectivity index (χ3n) is 5.96. The topological polar surface area (TPSA) is 127 Å². The molecule has 1 heterocycles. The number of hydrogen-bond acceptors (Lipinski definition) is 6. The zero-order valence-corrected chi connectivity index (χ0v) is 21.9. The van der Waals surface area contributed by atoms with Crippen LogP contribution in [0, 0.1) is 10.1 Å². The standard InChI is InChI=1S/C29H18Cl2N4O5/c30-22-9-3-2-7-20(22)25-21-8-5-10-23(31)26(21)33-27(25)28(36)34-32-16-18-6-1-4-11-24(18)40-29(37)17-12-14-19(15-13-17)35(38)39/h1-16,33H,(H,34,36). The molecule has 0 unspecified atom stereocenters. The van der Waals surface area contributed by atoms with Crippen LogP contribution < -0.4 is 10.2 Å². The quantitative estimate of drug-likeness (QED) is 0.0711. The van der Waals surface area contributed by atoms with E-state index in [2.05, 4.69) is 15.5 Å². The van der Waals surface area contributed by atoms with Gasteiger partial charge in [-0.2, -0.15) is 5.10 Å². The number of esters is 1. The van der Waals surface area contributed by atoms with Crippen molar-refractivity contribution in [2.24, 2.45) is 5.10 Å². The number of aromatic amines is 1. The number of aromatic nitrogens is 1. The van der Waals surface area contributed by atoms with Crippen LogP contribution in [-0.4, -0.2) is 28.0 Å². The molecule has 0 aliphatic rings. The molecule has 40 heavy (non-hydrogen) atoms. The number of para-hydroxylation sites is 2. The Morgan fingerprint density at radius 2 is 1.60 bits per heavy atom. The van der Waals surface area contributed by atoms with E-state index in [0.29, 0.717) is 32.3 Å². The van der Waals surface area contributed by atoms with Gasteiger partial charge in [-0.25, -0.2) is 10.2 Å². The lowest BCUT2D eigenvalue weighted by Crippen LogP contribution is -2.19. The van der Waals surface area contributed by atoms with Crippen molar-refractivity contribution in [3.8, 4) is 16.9 Å². The number of halogens is 2. The van der Waals surface area contributed by atoms with E-state index in [1.807, 2.05) is 12.1 Å². The number of amides is 1. The third-order valence-corrected chi connectivity index (χ3v) is 6.60. The average Bonchev–Trinajstić information content (AvgIpc) is 3.35. The number of nitrogens with zero attached hydrogens (tertiary/aromatic N) is 2. The Bertz CT molecular complexity index is 1800. The summed E-state index contributed by atoms with van der Waals surface area (Å²) in [5, 5.41) is 16.5. The fourth-order valence-corrected chi connectivity index (χ4v) is 4.52. The molecule has 2 N–H and O–H groups in total. The number of hydrogen-bond donors (Lipinski definition) is 2. The number of H-pyrrole nitrogens is 1. The fraction of sp³-hybridized carbons (Fsp3) is 0. The Kier molecular flexibility index (Phi) is 7.59. The number of benzene rings is 4. The molecule has 4 aromatic carbocycles. The lowest BCUT2D eigenvalue weighted by molar-refractivity contribution is -0.384. The number of rotatable bonds is 7. The van der Waals surface area contributed by atoms with Crippen LogP contribution in [0.15, 0.2) is 96.1 Å². The first-order valence-corrected chi connectivity index (χ1v) is 12.5. The average molecular weight is 573 g/mol. The molecule has 0 saturated carbocycles. The normalized spacial score (nSPS) is 11.1. The van der Waals surface area contributed by atoms with E-state index in [1.165, 1.54) is 30.5 Å². The molecule has 11 heteroatoms. The first-order valence-electron chi connectivity index (χ1n) is 11.8. The van der Waals surface area contributed by atoms with Crippen molar-refractivity contribution in [2.45, 2.75) is 0 Å². The second-order valence-corrected chi connectivity index (χ2v) is 9.26. The highest BCUT2D eigenvalue weighted by Gasteiger charge is 2.22. The van der Waals surface area contributed by atoms with Gasteiger partial charge < -0.3 is 9.72 Å². The Morgan fingerprint density at radius 3 is 2.35 bits per heavy atom. The summed E-state index contributed by atoms with van der Waals surface area (Å²) >= 11 is 12.8. The molecule has 0 aliphatic heterocycles. The summed E-state index contributed by atoms with van der Waals surface area (Å²) in [6.07, 6.45) is 1.33. The molecule has 5 aromatic rings. The largest absolute Gasteiger partial charge is 0.422 e.